The third-order valence-corrected chi connectivity index (χ3v) is 7.32. The molecule has 0 spiro atoms. The number of fused-ring (bicyclic) bond motifs is 1. The van der Waals surface area contributed by atoms with Gasteiger partial charge in [0.2, 0.25) is 0 Å². The first-order valence-electron chi connectivity index (χ1n) is 10.6. The van der Waals surface area contributed by atoms with Crippen LogP contribution in [0, 0.1) is 0 Å². The third kappa shape index (κ3) is 5.98. The lowest BCUT2D eigenvalue weighted by Crippen LogP contribution is -2.29. The molecule has 1 aromatic heterocycles. The number of benzene rings is 2. The Bertz CT molecular complexity index is 1100. The van der Waals surface area contributed by atoms with Crippen molar-refractivity contribution in [2.45, 2.75) is 31.3 Å². The van der Waals surface area contributed by atoms with E-state index in [1.54, 1.807) is 30.8 Å². The van der Waals surface area contributed by atoms with Gasteiger partial charge < -0.3 is 10.1 Å². The summed E-state index contributed by atoms with van der Waals surface area (Å²) in [6, 6.07) is 17.8. The first-order valence-corrected chi connectivity index (χ1v) is 12.7. The molecular weight excluding hydrogens is 476 g/mol. The zero-order valence-corrected chi connectivity index (χ0v) is 21.1. The quantitative estimate of drug-likeness (QED) is 0.323. The fraction of sp³-hybridized carbons (Fsp3) is 0.280. The van der Waals surface area contributed by atoms with Crippen LogP contribution in [0.5, 0.6) is 0 Å². The van der Waals surface area contributed by atoms with Crippen LogP contribution in [0.15, 0.2) is 59.5 Å². The van der Waals surface area contributed by atoms with Gasteiger partial charge in [0, 0.05) is 35.0 Å². The number of nitrogens with zero attached hydrogens (tertiary/aromatic N) is 1. The lowest BCUT2D eigenvalue weighted by Gasteiger charge is -2.27. The van der Waals surface area contributed by atoms with Crippen molar-refractivity contribution >= 4 is 52.4 Å². The van der Waals surface area contributed by atoms with Crippen molar-refractivity contribution in [1.82, 2.24) is 4.90 Å². The largest absolute Gasteiger partial charge is 0.462 e. The number of halogens is 1. The number of anilines is 1. The molecule has 174 valence electrons. The average molecular weight is 503 g/mol. The van der Waals surface area contributed by atoms with Crippen LogP contribution in [0.2, 0.25) is 0 Å². The minimum Gasteiger partial charge on any atom is -0.462 e. The molecule has 0 aliphatic carbocycles. The molecule has 8 heteroatoms. The number of thiophene rings is 1. The van der Waals surface area contributed by atoms with Gasteiger partial charge in [-0.15, -0.1) is 35.5 Å². The normalized spacial score (nSPS) is 13.0. The molecule has 0 atom stereocenters. The van der Waals surface area contributed by atoms with Crippen LogP contribution in [0.4, 0.5) is 5.00 Å². The first-order chi connectivity index (χ1) is 15.6. The molecule has 0 saturated carbocycles. The van der Waals surface area contributed by atoms with Crippen LogP contribution in [0.3, 0.4) is 0 Å². The molecule has 1 amide bonds. The zero-order valence-electron chi connectivity index (χ0n) is 18.6. The molecule has 1 aliphatic heterocycles. The molecule has 4 rings (SSSR count). The van der Waals surface area contributed by atoms with Gasteiger partial charge in [0.1, 0.15) is 5.00 Å². The Balaban J connectivity index is 0.00000306. The van der Waals surface area contributed by atoms with Crippen molar-refractivity contribution in [3.8, 4) is 0 Å². The molecule has 0 radical (unpaired) electrons. The van der Waals surface area contributed by atoms with Crippen LogP contribution in [-0.2, 0) is 24.2 Å². The zero-order chi connectivity index (χ0) is 22.5. The van der Waals surface area contributed by atoms with Crippen molar-refractivity contribution < 1.29 is 14.3 Å². The first kappa shape index (κ1) is 25.3. The van der Waals surface area contributed by atoms with Crippen molar-refractivity contribution in [3.05, 3.63) is 81.7 Å². The Morgan fingerprint density at radius 2 is 1.85 bits per heavy atom. The summed E-state index contributed by atoms with van der Waals surface area (Å²) in [6.07, 6.45) is 2.75. The molecule has 5 nitrogen and oxygen atoms in total. The fourth-order valence-electron chi connectivity index (χ4n) is 3.86. The minimum absolute atomic E-state index is 0. The van der Waals surface area contributed by atoms with Crippen molar-refractivity contribution in [2.24, 2.45) is 0 Å². The highest BCUT2D eigenvalue weighted by atomic mass is 35.5. The molecule has 33 heavy (non-hydrogen) atoms. The Morgan fingerprint density at radius 1 is 1.12 bits per heavy atom. The SMILES string of the molecule is CCOC(=O)c1c(NC(=O)c2ccc(SC)cc2)sc2c1CCN(Cc1ccccc1)C2.Cl. The number of carbonyl (C=O) groups excluding carboxylic acids is 2. The second kappa shape index (κ2) is 11.7. The van der Waals surface area contributed by atoms with Crippen LogP contribution in [-0.4, -0.2) is 36.2 Å². The van der Waals surface area contributed by atoms with E-state index in [1.165, 1.54) is 16.9 Å². The highest BCUT2D eigenvalue weighted by Gasteiger charge is 2.29. The lowest BCUT2D eigenvalue weighted by molar-refractivity contribution is 0.0526. The molecule has 0 unspecified atom stereocenters. The van der Waals surface area contributed by atoms with E-state index < -0.39 is 0 Å². The number of ether oxygens (including phenoxy) is 1. The summed E-state index contributed by atoms with van der Waals surface area (Å²) in [7, 11) is 0. The van der Waals surface area contributed by atoms with Gasteiger partial charge in [-0.2, -0.15) is 0 Å². The summed E-state index contributed by atoms with van der Waals surface area (Å²) >= 11 is 3.11. The Kier molecular flexibility index (Phi) is 8.97. The third-order valence-electron chi connectivity index (χ3n) is 5.44. The van der Waals surface area contributed by atoms with Crippen LogP contribution < -0.4 is 5.32 Å². The number of thioether (sulfide) groups is 1. The van der Waals surface area contributed by atoms with Gasteiger partial charge in [-0.3, -0.25) is 9.69 Å². The van der Waals surface area contributed by atoms with E-state index in [0.717, 1.165) is 41.4 Å². The number of esters is 1. The number of hydrogen-bond donors (Lipinski definition) is 1. The topological polar surface area (TPSA) is 58.6 Å². The van der Waals surface area contributed by atoms with Gasteiger partial charge in [0.05, 0.1) is 12.2 Å². The van der Waals surface area contributed by atoms with E-state index in [1.807, 2.05) is 36.6 Å². The summed E-state index contributed by atoms with van der Waals surface area (Å²) in [6.45, 7) is 4.56. The monoisotopic (exact) mass is 502 g/mol. The molecule has 2 heterocycles. The van der Waals surface area contributed by atoms with E-state index in [0.29, 0.717) is 22.7 Å². The molecular formula is C25H27ClN2O3S2. The molecule has 2 aromatic carbocycles. The van der Waals surface area contributed by atoms with Gasteiger partial charge in [-0.25, -0.2) is 4.79 Å². The highest BCUT2D eigenvalue weighted by molar-refractivity contribution is 7.98. The number of amides is 1. The standard InChI is InChI=1S/C25H26N2O3S2.ClH/c1-3-30-25(29)22-20-13-14-27(15-17-7-5-4-6-8-17)16-21(20)32-24(22)26-23(28)18-9-11-19(31-2)12-10-18;/h4-12H,3,13-16H2,1-2H3,(H,26,28);1H. The second-order valence-electron chi connectivity index (χ2n) is 7.56. The summed E-state index contributed by atoms with van der Waals surface area (Å²) in [5, 5.41) is 3.56. The second-order valence-corrected chi connectivity index (χ2v) is 9.54. The minimum atomic E-state index is -0.366. The molecule has 0 fully saturated rings. The Morgan fingerprint density at radius 3 is 2.52 bits per heavy atom. The van der Waals surface area contributed by atoms with E-state index >= 15 is 0 Å². The number of hydrogen-bond acceptors (Lipinski definition) is 6. The maximum absolute atomic E-state index is 12.9. The van der Waals surface area contributed by atoms with Gasteiger partial charge in [0.15, 0.2) is 0 Å². The maximum atomic E-state index is 12.9. The average Bonchev–Trinajstić information content (AvgIpc) is 3.17. The van der Waals surface area contributed by atoms with Crippen LogP contribution in [0.1, 0.15) is 43.6 Å². The summed E-state index contributed by atoms with van der Waals surface area (Å²) in [5.41, 5.74) is 3.35. The van der Waals surface area contributed by atoms with Crippen molar-refractivity contribution in [1.29, 1.82) is 0 Å². The van der Waals surface area contributed by atoms with Gasteiger partial charge >= 0.3 is 5.97 Å². The van der Waals surface area contributed by atoms with Crippen molar-refractivity contribution in [3.63, 3.8) is 0 Å². The summed E-state index contributed by atoms with van der Waals surface area (Å²) in [5.74, 6) is -0.586. The molecule has 0 bridgehead atoms. The molecule has 1 N–H and O–H groups in total. The number of rotatable bonds is 7. The molecule has 1 aliphatic rings. The smallest absolute Gasteiger partial charge is 0.341 e. The molecule has 3 aromatic rings. The maximum Gasteiger partial charge on any atom is 0.341 e. The van der Waals surface area contributed by atoms with Gasteiger partial charge in [-0.1, -0.05) is 30.3 Å². The van der Waals surface area contributed by atoms with Gasteiger partial charge in [0.25, 0.3) is 5.91 Å². The van der Waals surface area contributed by atoms with Crippen LogP contribution in [0.25, 0.3) is 0 Å². The summed E-state index contributed by atoms with van der Waals surface area (Å²) in [4.78, 5) is 30.3. The Hall–Kier alpha value is -2.32. The van der Waals surface area contributed by atoms with Gasteiger partial charge in [-0.05, 0) is 55.0 Å². The Labute approximate surface area is 208 Å². The van der Waals surface area contributed by atoms with Crippen LogP contribution >= 0.6 is 35.5 Å². The number of carbonyl (C=O) groups is 2. The predicted octanol–water partition coefficient (Wildman–Crippen LogP) is 5.88. The van der Waals surface area contributed by atoms with Crippen molar-refractivity contribution in [2.75, 3.05) is 24.7 Å². The van der Waals surface area contributed by atoms with E-state index in [9.17, 15) is 9.59 Å². The predicted molar refractivity (Wildman–Crippen MR) is 138 cm³/mol. The summed E-state index contributed by atoms with van der Waals surface area (Å²) < 4.78 is 5.33. The van der Waals surface area contributed by atoms with E-state index in [4.69, 9.17) is 4.74 Å². The fourth-order valence-corrected chi connectivity index (χ4v) is 5.54. The van der Waals surface area contributed by atoms with E-state index in [-0.39, 0.29) is 24.3 Å². The highest BCUT2D eigenvalue weighted by Crippen LogP contribution is 2.38. The number of nitrogens with one attached hydrogen (secondary N) is 1. The van der Waals surface area contributed by atoms with E-state index in [2.05, 4.69) is 22.3 Å². The lowest BCUT2D eigenvalue weighted by atomic mass is 10.0. The molecule has 0 saturated heterocycles.